The van der Waals surface area contributed by atoms with Gasteiger partial charge in [0.2, 0.25) is 0 Å². The first-order chi connectivity index (χ1) is 15.2. The lowest BCUT2D eigenvalue weighted by Gasteiger charge is -2.20. The Hall–Kier alpha value is -2.80. The number of anilines is 2. The van der Waals surface area contributed by atoms with Gasteiger partial charge in [0.15, 0.2) is 0 Å². The van der Waals surface area contributed by atoms with Gasteiger partial charge in [-0.1, -0.05) is 105 Å². The number of benzene rings is 3. The predicted octanol–water partition coefficient (Wildman–Crippen LogP) is 8.84. The molecule has 1 nitrogen and oxygen atoms in total. The van der Waals surface area contributed by atoms with Crippen LogP contribution in [0, 0.1) is 6.92 Å². The summed E-state index contributed by atoms with van der Waals surface area (Å²) >= 11 is 0. The molecule has 162 valence electrons. The van der Waals surface area contributed by atoms with E-state index in [1.165, 1.54) is 78.6 Å². The summed E-state index contributed by atoms with van der Waals surface area (Å²) in [6.45, 7) is 4.39. The van der Waals surface area contributed by atoms with Gasteiger partial charge in [-0.2, -0.15) is 0 Å². The Kier molecular flexibility index (Phi) is 8.97. The Morgan fingerprint density at radius 2 is 1.10 bits per heavy atom. The topological polar surface area (TPSA) is 3.24 Å². The van der Waals surface area contributed by atoms with Crippen LogP contribution >= 0.6 is 0 Å². The van der Waals surface area contributed by atoms with Crippen LogP contribution in [0.25, 0.3) is 12.2 Å². The number of aryl methyl sites for hydroxylation is 2. The summed E-state index contributed by atoms with van der Waals surface area (Å²) in [5.74, 6) is 0. The minimum Gasteiger partial charge on any atom is -0.345 e. The number of hydrogen-bond donors (Lipinski definition) is 0. The van der Waals surface area contributed by atoms with Gasteiger partial charge in [-0.05, 0) is 60.7 Å². The van der Waals surface area contributed by atoms with Crippen LogP contribution in [0.2, 0.25) is 0 Å². The van der Waals surface area contributed by atoms with Crippen molar-refractivity contribution in [1.29, 1.82) is 0 Å². The first-order valence-corrected chi connectivity index (χ1v) is 11.8. The molecule has 0 aliphatic carbocycles. The minimum atomic E-state index is 1.19. The summed E-state index contributed by atoms with van der Waals surface area (Å²) in [5.41, 5.74) is 7.62. The molecule has 0 aromatic heterocycles. The van der Waals surface area contributed by atoms with E-state index in [-0.39, 0.29) is 0 Å². The quantitative estimate of drug-likeness (QED) is 0.225. The molecule has 0 saturated heterocycles. The van der Waals surface area contributed by atoms with Gasteiger partial charge >= 0.3 is 0 Å². The second-order valence-electron chi connectivity index (χ2n) is 8.58. The van der Waals surface area contributed by atoms with Crippen molar-refractivity contribution < 1.29 is 0 Å². The monoisotopic (exact) mass is 411 g/mol. The molecule has 0 atom stereocenters. The van der Waals surface area contributed by atoms with E-state index in [1.807, 2.05) is 0 Å². The lowest BCUT2D eigenvalue weighted by molar-refractivity contribution is 0.607. The van der Waals surface area contributed by atoms with Crippen molar-refractivity contribution >= 4 is 23.5 Å². The molecule has 0 bridgehead atoms. The van der Waals surface area contributed by atoms with Crippen molar-refractivity contribution in [2.45, 2.75) is 58.8 Å². The van der Waals surface area contributed by atoms with Gasteiger partial charge in [-0.3, -0.25) is 0 Å². The van der Waals surface area contributed by atoms with Gasteiger partial charge in [0.1, 0.15) is 0 Å². The summed E-state index contributed by atoms with van der Waals surface area (Å²) in [6.07, 6.45) is 13.7. The van der Waals surface area contributed by atoms with Crippen molar-refractivity contribution in [3.8, 4) is 0 Å². The largest absolute Gasteiger partial charge is 0.345 e. The van der Waals surface area contributed by atoms with E-state index in [9.17, 15) is 0 Å². The summed E-state index contributed by atoms with van der Waals surface area (Å²) in [7, 11) is 2.14. The van der Waals surface area contributed by atoms with Crippen LogP contribution in [0.4, 0.5) is 11.4 Å². The second-order valence-corrected chi connectivity index (χ2v) is 8.58. The SMILES string of the molecule is CCCCCCCCc1ccc(N(C)c2ccc(/C=C/c3ccc(C)cc3)cc2)cc1. The molecule has 31 heavy (non-hydrogen) atoms. The van der Waals surface area contributed by atoms with Gasteiger partial charge in [-0.15, -0.1) is 0 Å². The average Bonchev–Trinajstić information content (AvgIpc) is 2.81. The highest BCUT2D eigenvalue weighted by molar-refractivity contribution is 5.71. The highest BCUT2D eigenvalue weighted by Gasteiger charge is 2.04. The number of unbranched alkanes of at least 4 members (excludes halogenated alkanes) is 5. The summed E-state index contributed by atoms with van der Waals surface area (Å²) in [4.78, 5) is 2.25. The van der Waals surface area contributed by atoms with E-state index in [0.29, 0.717) is 0 Å². The normalized spacial score (nSPS) is 11.2. The van der Waals surface area contributed by atoms with E-state index in [1.54, 1.807) is 0 Å². The summed E-state index contributed by atoms with van der Waals surface area (Å²) in [6, 6.07) is 26.4. The number of hydrogen-bond acceptors (Lipinski definition) is 1. The molecule has 0 heterocycles. The van der Waals surface area contributed by atoms with Crippen LogP contribution in [0.1, 0.15) is 67.7 Å². The Morgan fingerprint density at radius 3 is 1.68 bits per heavy atom. The maximum Gasteiger partial charge on any atom is 0.0408 e. The maximum atomic E-state index is 2.29. The summed E-state index contributed by atoms with van der Waals surface area (Å²) in [5, 5.41) is 0. The third-order valence-electron chi connectivity index (χ3n) is 5.97. The molecule has 0 spiro atoms. The molecular formula is C30H37N. The van der Waals surface area contributed by atoms with Gasteiger partial charge in [0, 0.05) is 18.4 Å². The first kappa shape index (κ1) is 22.9. The van der Waals surface area contributed by atoms with Crippen molar-refractivity contribution in [3.63, 3.8) is 0 Å². The fourth-order valence-electron chi connectivity index (χ4n) is 3.82. The van der Waals surface area contributed by atoms with E-state index in [2.05, 4.69) is 111 Å². The Bertz CT molecular complexity index is 918. The third kappa shape index (κ3) is 7.43. The van der Waals surface area contributed by atoms with E-state index in [0.717, 1.165) is 0 Å². The molecule has 0 aliphatic heterocycles. The van der Waals surface area contributed by atoms with Gasteiger partial charge in [-0.25, -0.2) is 0 Å². The molecule has 0 unspecified atom stereocenters. The predicted molar refractivity (Wildman–Crippen MR) is 138 cm³/mol. The van der Waals surface area contributed by atoms with Crippen molar-refractivity contribution in [2.24, 2.45) is 0 Å². The van der Waals surface area contributed by atoms with Crippen molar-refractivity contribution in [3.05, 3.63) is 95.1 Å². The molecule has 0 N–H and O–H groups in total. The highest BCUT2D eigenvalue weighted by atomic mass is 15.1. The standard InChI is InChI=1S/C30H37N/c1-4-5-6-7-8-9-10-26-17-21-29(22-18-26)31(3)30-23-19-28(20-24-30)16-15-27-13-11-25(2)12-14-27/h11-24H,4-10H2,1-3H3/b16-15+. The van der Waals surface area contributed by atoms with Gasteiger partial charge < -0.3 is 4.90 Å². The highest BCUT2D eigenvalue weighted by Crippen LogP contribution is 2.25. The molecule has 1 heteroatoms. The molecular weight excluding hydrogens is 374 g/mol. The van der Waals surface area contributed by atoms with Crippen molar-refractivity contribution in [2.75, 3.05) is 11.9 Å². The third-order valence-corrected chi connectivity index (χ3v) is 5.97. The zero-order valence-corrected chi connectivity index (χ0v) is 19.5. The molecule has 3 aromatic rings. The smallest absolute Gasteiger partial charge is 0.0408 e. The Morgan fingerprint density at radius 1 is 0.613 bits per heavy atom. The summed E-state index contributed by atoms with van der Waals surface area (Å²) < 4.78 is 0. The number of nitrogens with zero attached hydrogens (tertiary/aromatic N) is 1. The second kappa shape index (κ2) is 12.2. The average molecular weight is 412 g/mol. The van der Waals surface area contributed by atoms with E-state index >= 15 is 0 Å². The van der Waals surface area contributed by atoms with Crippen molar-refractivity contribution in [1.82, 2.24) is 0 Å². The molecule has 0 aliphatic rings. The van der Waals surface area contributed by atoms with E-state index in [4.69, 9.17) is 0 Å². The van der Waals surface area contributed by atoms with Crippen LogP contribution < -0.4 is 4.90 Å². The molecule has 0 radical (unpaired) electrons. The lowest BCUT2D eigenvalue weighted by Crippen LogP contribution is -2.09. The molecule has 0 fully saturated rings. The van der Waals surface area contributed by atoms with Crippen LogP contribution in [0.5, 0.6) is 0 Å². The van der Waals surface area contributed by atoms with Gasteiger partial charge in [0.25, 0.3) is 0 Å². The van der Waals surface area contributed by atoms with Crippen LogP contribution in [0.15, 0.2) is 72.8 Å². The zero-order valence-electron chi connectivity index (χ0n) is 19.5. The zero-order chi connectivity index (χ0) is 21.9. The minimum absolute atomic E-state index is 1.19. The fraction of sp³-hybridized carbons (Fsp3) is 0.333. The number of rotatable bonds is 11. The van der Waals surface area contributed by atoms with Crippen LogP contribution in [0.3, 0.4) is 0 Å². The van der Waals surface area contributed by atoms with E-state index < -0.39 is 0 Å². The fourth-order valence-corrected chi connectivity index (χ4v) is 3.82. The molecule has 3 rings (SSSR count). The molecule has 0 amide bonds. The molecule has 0 saturated carbocycles. The Balaban J connectivity index is 1.52. The Labute approximate surface area is 189 Å². The molecule has 3 aromatic carbocycles. The maximum absolute atomic E-state index is 2.29. The van der Waals surface area contributed by atoms with Gasteiger partial charge in [0.05, 0.1) is 0 Å². The van der Waals surface area contributed by atoms with Crippen LogP contribution in [-0.2, 0) is 6.42 Å². The first-order valence-electron chi connectivity index (χ1n) is 11.8. The lowest BCUT2D eigenvalue weighted by atomic mass is 10.0. The van der Waals surface area contributed by atoms with Crippen LogP contribution in [-0.4, -0.2) is 7.05 Å².